The van der Waals surface area contributed by atoms with Crippen LogP contribution in [-0.4, -0.2) is 110 Å². The van der Waals surface area contributed by atoms with Gasteiger partial charge in [-0.1, -0.05) is 6.92 Å². The lowest BCUT2D eigenvalue weighted by Crippen LogP contribution is -2.55. The first kappa shape index (κ1) is 18.6. The third-order valence-corrected chi connectivity index (χ3v) is 6.28. The number of ether oxygens (including phenoxy) is 1. The zero-order valence-electron chi connectivity index (χ0n) is 16.1. The molecule has 0 N–H and O–H groups in total. The van der Waals surface area contributed by atoms with Crippen molar-refractivity contribution in [2.75, 3.05) is 72.1 Å². The molecule has 0 saturated carbocycles. The molecule has 1 unspecified atom stereocenters. The molecule has 140 valence electrons. The van der Waals surface area contributed by atoms with Crippen molar-refractivity contribution in [1.29, 1.82) is 0 Å². The molecule has 0 aliphatic carbocycles. The fraction of sp³-hybridized carbons (Fsp3) is 1.00. The standard InChI is InChI=1S/C19H38N4O/c1-4-20-13-14-24-19(15-20)16-21-7-5-18(6-8-21)23-11-9-22(10-12-23)17(2)3/h17-19H,4-16H2,1-3H3. The van der Waals surface area contributed by atoms with Gasteiger partial charge in [0.1, 0.15) is 0 Å². The lowest BCUT2D eigenvalue weighted by Gasteiger charge is -2.44. The Morgan fingerprint density at radius 3 is 2.25 bits per heavy atom. The molecular weight excluding hydrogens is 300 g/mol. The van der Waals surface area contributed by atoms with Gasteiger partial charge in [0, 0.05) is 57.9 Å². The van der Waals surface area contributed by atoms with Crippen molar-refractivity contribution in [2.45, 2.75) is 51.8 Å². The molecule has 0 aromatic rings. The van der Waals surface area contributed by atoms with Crippen LogP contribution < -0.4 is 0 Å². The summed E-state index contributed by atoms with van der Waals surface area (Å²) in [6.07, 6.45) is 3.10. The van der Waals surface area contributed by atoms with Crippen LogP contribution in [0.1, 0.15) is 33.6 Å². The lowest BCUT2D eigenvalue weighted by molar-refractivity contribution is -0.0475. The number of likely N-dealkylation sites (tertiary alicyclic amines) is 1. The second-order valence-corrected chi connectivity index (χ2v) is 8.08. The number of hydrogen-bond acceptors (Lipinski definition) is 5. The largest absolute Gasteiger partial charge is 0.374 e. The van der Waals surface area contributed by atoms with Gasteiger partial charge in [0.05, 0.1) is 12.7 Å². The fourth-order valence-corrected chi connectivity index (χ4v) is 4.55. The van der Waals surface area contributed by atoms with Crippen molar-refractivity contribution < 1.29 is 4.74 Å². The summed E-state index contributed by atoms with van der Waals surface area (Å²) in [6.45, 7) is 19.9. The Bertz CT molecular complexity index is 362. The molecule has 3 aliphatic heterocycles. The van der Waals surface area contributed by atoms with Crippen LogP contribution in [0.2, 0.25) is 0 Å². The zero-order valence-corrected chi connectivity index (χ0v) is 16.1. The molecule has 3 aliphatic rings. The molecule has 0 bridgehead atoms. The van der Waals surface area contributed by atoms with Crippen LogP contribution in [0.4, 0.5) is 0 Å². The van der Waals surface area contributed by atoms with Crippen LogP contribution in [0.15, 0.2) is 0 Å². The Morgan fingerprint density at radius 1 is 0.917 bits per heavy atom. The highest BCUT2D eigenvalue weighted by Crippen LogP contribution is 2.20. The van der Waals surface area contributed by atoms with E-state index in [9.17, 15) is 0 Å². The maximum Gasteiger partial charge on any atom is 0.0829 e. The lowest BCUT2D eigenvalue weighted by atomic mass is 10.0. The summed E-state index contributed by atoms with van der Waals surface area (Å²) in [6, 6.07) is 1.52. The van der Waals surface area contributed by atoms with E-state index in [-0.39, 0.29) is 0 Å². The predicted octanol–water partition coefficient (Wildman–Crippen LogP) is 1.20. The minimum absolute atomic E-state index is 0.421. The van der Waals surface area contributed by atoms with Crippen molar-refractivity contribution in [3.63, 3.8) is 0 Å². The van der Waals surface area contributed by atoms with Crippen molar-refractivity contribution >= 4 is 0 Å². The number of likely N-dealkylation sites (N-methyl/N-ethyl adjacent to an activating group) is 1. The molecule has 3 heterocycles. The van der Waals surface area contributed by atoms with Gasteiger partial charge in [-0.15, -0.1) is 0 Å². The van der Waals surface area contributed by atoms with E-state index in [1.54, 1.807) is 0 Å². The second-order valence-electron chi connectivity index (χ2n) is 8.08. The monoisotopic (exact) mass is 338 g/mol. The molecule has 0 aromatic heterocycles. The molecule has 5 heteroatoms. The molecule has 24 heavy (non-hydrogen) atoms. The second kappa shape index (κ2) is 8.95. The summed E-state index contributed by atoms with van der Waals surface area (Å²) in [5.41, 5.74) is 0. The minimum atomic E-state index is 0.421. The summed E-state index contributed by atoms with van der Waals surface area (Å²) < 4.78 is 5.99. The molecule has 3 rings (SSSR count). The van der Waals surface area contributed by atoms with Crippen LogP contribution >= 0.6 is 0 Å². The molecule has 0 amide bonds. The van der Waals surface area contributed by atoms with Gasteiger partial charge in [-0.2, -0.15) is 0 Å². The summed E-state index contributed by atoms with van der Waals surface area (Å²) in [5, 5.41) is 0. The number of hydrogen-bond donors (Lipinski definition) is 0. The summed E-state index contributed by atoms with van der Waals surface area (Å²) in [7, 11) is 0. The summed E-state index contributed by atoms with van der Waals surface area (Å²) in [4.78, 5) is 10.5. The van der Waals surface area contributed by atoms with Gasteiger partial charge >= 0.3 is 0 Å². The molecule has 0 spiro atoms. The molecule has 5 nitrogen and oxygen atoms in total. The Balaban J connectivity index is 1.37. The van der Waals surface area contributed by atoms with E-state index in [2.05, 4.69) is 40.4 Å². The molecule has 1 atom stereocenters. The molecule has 0 aromatic carbocycles. The van der Waals surface area contributed by atoms with Gasteiger partial charge in [0.15, 0.2) is 0 Å². The van der Waals surface area contributed by atoms with Crippen molar-refractivity contribution in [1.82, 2.24) is 19.6 Å². The van der Waals surface area contributed by atoms with Crippen molar-refractivity contribution in [3.05, 3.63) is 0 Å². The van der Waals surface area contributed by atoms with Gasteiger partial charge in [-0.3, -0.25) is 14.7 Å². The SMILES string of the molecule is CCN1CCOC(CN2CCC(N3CCN(C(C)C)CC3)CC2)C1. The highest BCUT2D eigenvalue weighted by molar-refractivity contribution is 4.85. The number of morpholine rings is 1. The van der Waals surface area contributed by atoms with Gasteiger partial charge < -0.3 is 9.64 Å². The van der Waals surface area contributed by atoms with Gasteiger partial charge in [-0.05, 0) is 46.3 Å². The number of rotatable bonds is 5. The smallest absolute Gasteiger partial charge is 0.0829 e. The van der Waals surface area contributed by atoms with E-state index < -0.39 is 0 Å². The van der Waals surface area contributed by atoms with Crippen LogP contribution in [0.3, 0.4) is 0 Å². The predicted molar refractivity (Wildman–Crippen MR) is 99.6 cm³/mol. The Labute approximate surface area is 148 Å². The van der Waals surface area contributed by atoms with Gasteiger partial charge in [0.25, 0.3) is 0 Å². The van der Waals surface area contributed by atoms with E-state index in [4.69, 9.17) is 4.74 Å². The van der Waals surface area contributed by atoms with Gasteiger partial charge in [-0.25, -0.2) is 0 Å². The zero-order chi connectivity index (χ0) is 16.9. The Kier molecular flexibility index (Phi) is 6.93. The number of nitrogens with zero attached hydrogens (tertiary/aromatic N) is 4. The molecule has 3 saturated heterocycles. The quantitative estimate of drug-likeness (QED) is 0.749. The first-order chi connectivity index (χ1) is 11.7. The fourth-order valence-electron chi connectivity index (χ4n) is 4.55. The third-order valence-electron chi connectivity index (χ3n) is 6.28. The molecule has 0 radical (unpaired) electrons. The van der Waals surface area contributed by atoms with E-state index in [0.717, 1.165) is 38.8 Å². The van der Waals surface area contributed by atoms with Gasteiger partial charge in [0.2, 0.25) is 0 Å². The molecular formula is C19H38N4O. The highest BCUT2D eigenvalue weighted by atomic mass is 16.5. The maximum absolute atomic E-state index is 5.99. The Hall–Kier alpha value is -0.200. The van der Waals surface area contributed by atoms with E-state index >= 15 is 0 Å². The minimum Gasteiger partial charge on any atom is -0.374 e. The molecule has 3 fully saturated rings. The Morgan fingerprint density at radius 2 is 1.62 bits per heavy atom. The number of piperazine rings is 1. The first-order valence-corrected chi connectivity index (χ1v) is 10.2. The van der Waals surface area contributed by atoms with Crippen LogP contribution in [0.25, 0.3) is 0 Å². The van der Waals surface area contributed by atoms with E-state index in [1.807, 2.05) is 0 Å². The topological polar surface area (TPSA) is 22.2 Å². The average Bonchev–Trinajstić information content (AvgIpc) is 2.62. The third kappa shape index (κ3) is 4.92. The average molecular weight is 339 g/mol. The summed E-state index contributed by atoms with van der Waals surface area (Å²) in [5.74, 6) is 0. The van der Waals surface area contributed by atoms with Crippen molar-refractivity contribution in [2.24, 2.45) is 0 Å². The van der Waals surface area contributed by atoms with E-state index in [1.165, 1.54) is 52.1 Å². The summed E-state index contributed by atoms with van der Waals surface area (Å²) >= 11 is 0. The number of piperidine rings is 1. The highest BCUT2D eigenvalue weighted by Gasteiger charge is 2.29. The first-order valence-electron chi connectivity index (χ1n) is 10.2. The van der Waals surface area contributed by atoms with Crippen molar-refractivity contribution in [3.8, 4) is 0 Å². The van der Waals surface area contributed by atoms with Crippen LogP contribution in [0.5, 0.6) is 0 Å². The van der Waals surface area contributed by atoms with Crippen LogP contribution in [-0.2, 0) is 4.74 Å². The van der Waals surface area contributed by atoms with Crippen LogP contribution in [0, 0.1) is 0 Å². The normalized spacial score (nSPS) is 30.2. The van der Waals surface area contributed by atoms with E-state index in [0.29, 0.717) is 12.1 Å². The maximum atomic E-state index is 5.99.